The van der Waals surface area contributed by atoms with Gasteiger partial charge in [-0.1, -0.05) is 37.5 Å². The first-order chi connectivity index (χ1) is 18.9. The zero-order valence-corrected chi connectivity index (χ0v) is 23.4. The molecule has 1 heterocycles. The highest BCUT2D eigenvalue weighted by Crippen LogP contribution is 2.41. The van der Waals surface area contributed by atoms with Crippen LogP contribution in [0.2, 0.25) is 0 Å². The van der Waals surface area contributed by atoms with E-state index in [1.54, 1.807) is 29.2 Å². The second-order valence-corrected chi connectivity index (χ2v) is 10.6. The molecular formula is C30H35FN2O5S. The molecule has 2 amide bonds. The standard InChI is InChI=1S/C30H35FN2O5S/c1-36-25-16-21(17-26(37-2)29(25)38-3)28(30(35)32-23-8-5-4-6-9-23)33(19-20-11-13-22(31)14-12-20)27(34)18-24-10-7-15-39-24/h7,10-17,23,28H,4-6,8-9,18-19H2,1-3H3,(H,32,35). The average molecular weight is 555 g/mol. The van der Waals surface area contributed by atoms with Crippen molar-refractivity contribution in [2.75, 3.05) is 21.3 Å². The molecule has 9 heteroatoms. The van der Waals surface area contributed by atoms with Gasteiger partial charge in [0.05, 0.1) is 27.8 Å². The maximum Gasteiger partial charge on any atom is 0.247 e. The Morgan fingerprint density at radius 1 is 1.00 bits per heavy atom. The summed E-state index contributed by atoms with van der Waals surface area (Å²) in [6, 6.07) is 12.2. The van der Waals surface area contributed by atoms with Gasteiger partial charge in [-0.2, -0.15) is 0 Å². The Morgan fingerprint density at radius 2 is 1.67 bits per heavy atom. The summed E-state index contributed by atoms with van der Waals surface area (Å²) in [7, 11) is 4.53. The molecule has 1 atom stereocenters. The number of carbonyl (C=O) groups is 2. The van der Waals surface area contributed by atoms with Crippen molar-refractivity contribution in [2.45, 2.75) is 57.2 Å². The van der Waals surface area contributed by atoms with Crippen molar-refractivity contribution < 1.29 is 28.2 Å². The lowest BCUT2D eigenvalue weighted by Gasteiger charge is -2.34. The molecule has 208 valence electrons. The zero-order valence-electron chi connectivity index (χ0n) is 22.6. The summed E-state index contributed by atoms with van der Waals surface area (Å²) in [6.45, 7) is 0.115. The number of thiophene rings is 1. The quantitative estimate of drug-likeness (QED) is 0.330. The number of nitrogens with zero attached hydrogens (tertiary/aromatic N) is 1. The summed E-state index contributed by atoms with van der Waals surface area (Å²) in [6.07, 6.45) is 5.19. The lowest BCUT2D eigenvalue weighted by atomic mass is 9.94. The highest BCUT2D eigenvalue weighted by molar-refractivity contribution is 7.10. The predicted octanol–water partition coefficient (Wildman–Crippen LogP) is 5.67. The molecule has 0 spiro atoms. The Kier molecular flexibility index (Phi) is 9.81. The molecule has 7 nitrogen and oxygen atoms in total. The first kappa shape index (κ1) is 28.4. The second kappa shape index (κ2) is 13.5. The fraction of sp³-hybridized carbons (Fsp3) is 0.400. The van der Waals surface area contributed by atoms with Crippen LogP contribution in [0.3, 0.4) is 0 Å². The van der Waals surface area contributed by atoms with E-state index in [1.165, 1.54) is 44.8 Å². The molecule has 1 aliphatic rings. The largest absolute Gasteiger partial charge is 0.493 e. The van der Waals surface area contributed by atoms with Gasteiger partial charge < -0.3 is 24.4 Å². The predicted molar refractivity (Wildman–Crippen MR) is 149 cm³/mol. The summed E-state index contributed by atoms with van der Waals surface area (Å²) in [4.78, 5) is 30.5. The highest BCUT2D eigenvalue weighted by Gasteiger charge is 2.34. The normalized spacial score (nSPS) is 14.4. The summed E-state index contributed by atoms with van der Waals surface area (Å²) < 4.78 is 30.3. The van der Waals surface area contributed by atoms with Crippen molar-refractivity contribution in [3.05, 3.63) is 75.7 Å². The van der Waals surface area contributed by atoms with E-state index in [0.29, 0.717) is 28.4 Å². The van der Waals surface area contributed by atoms with Crippen LogP contribution >= 0.6 is 11.3 Å². The number of ether oxygens (including phenoxy) is 3. The molecule has 4 rings (SSSR count). The summed E-state index contributed by atoms with van der Waals surface area (Å²) >= 11 is 1.48. The summed E-state index contributed by atoms with van der Waals surface area (Å²) in [5, 5.41) is 5.12. The van der Waals surface area contributed by atoms with Crippen LogP contribution in [0.15, 0.2) is 53.9 Å². The molecule has 1 N–H and O–H groups in total. The Labute approximate surface area is 232 Å². The van der Waals surface area contributed by atoms with E-state index in [4.69, 9.17) is 14.2 Å². The van der Waals surface area contributed by atoms with E-state index < -0.39 is 6.04 Å². The molecule has 39 heavy (non-hydrogen) atoms. The fourth-order valence-corrected chi connectivity index (χ4v) is 5.73. The Bertz CT molecular complexity index is 1220. The van der Waals surface area contributed by atoms with Crippen molar-refractivity contribution in [2.24, 2.45) is 0 Å². The number of amides is 2. The highest BCUT2D eigenvalue weighted by atomic mass is 32.1. The minimum atomic E-state index is -0.988. The molecule has 0 bridgehead atoms. The second-order valence-electron chi connectivity index (χ2n) is 9.61. The molecule has 1 saturated carbocycles. The van der Waals surface area contributed by atoms with Crippen molar-refractivity contribution in [3.63, 3.8) is 0 Å². The van der Waals surface area contributed by atoms with Gasteiger partial charge in [-0.25, -0.2) is 4.39 Å². The smallest absolute Gasteiger partial charge is 0.247 e. The number of nitrogens with one attached hydrogen (secondary N) is 1. The lowest BCUT2D eigenvalue weighted by molar-refractivity contribution is -0.141. The number of methoxy groups -OCH3 is 3. The Morgan fingerprint density at radius 3 is 2.23 bits per heavy atom. The van der Waals surface area contributed by atoms with Gasteiger partial charge in [0, 0.05) is 17.5 Å². The maximum absolute atomic E-state index is 14.1. The molecule has 1 aliphatic carbocycles. The van der Waals surface area contributed by atoms with E-state index in [0.717, 1.165) is 37.0 Å². The van der Waals surface area contributed by atoms with Crippen LogP contribution in [0.5, 0.6) is 17.2 Å². The third kappa shape index (κ3) is 7.09. The van der Waals surface area contributed by atoms with Crippen LogP contribution in [0, 0.1) is 5.82 Å². The molecule has 3 aromatic rings. The fourth-order valence-electron chi connectivity index (χ4n) is 5.03. The molecule has 0 radical (unpaired) electrons. The molecule has 1 aromatic heterocycles. The number of halogens is 1. The molecule has 2 aromatic carbocycles. The molecule has 1 fully saturated rings. The third-order valence-corrected chi connectivity index (χ3v) is 7.88. The first-order valence-corrected chi connectivity index (χ1v) is 14.0. The van der Waals surface area contributed by atoms with Gasteiger partial charge >= 0.3 is 0 Å². The number of hydrogen-bond acceptors (Lipinski definition) is 6. The van der Waals surface area contributed by atoms with Gasteiger partial charge in [-0.05, 0) is 59.7 Å². The van der Waals surface area contributed by atoms with Gasteiger partial charge in [0.1, 0.15) is 11.9 Å². The SMILES string of the molecule is COc1cc(C(C(=O)NC2CCCCC2)N(Cc2ccc(F)cc2)C(=O)Cc2cccs2)cc(OC)c1OC. The van der Waals surface area contributed by atoms with Crippen LogP contribution < -0.4 is 19.5 Å². The van der Waals surface area contributed by atoms with Crippen LogP contribution in [0.25, 0.3) is 0 Å². The minimum Gasteiger partial charge on any atom is -0.493 e. The first-order valence-electron chi connectivity index (χ1n) is 13.1. The topological polar surface area (TPSA) is 77.1 Å². The average Bonchev–Trinajstić information content (AvgIpc) is 3.46. The number of benzene rings is 2. The van der Waals surface area contributed by atoms with Crippen LogP contribution in [-0.2, 0) is 22.6 Å². The van der Waals surface area contributed by atoms with Gasteiger partial charge in [-0.15, -0.1) is 11.3 Å². The molecule has 0 aliphatic heterocycles. The van der Waals surface area contributed by atoms with Crippen LogP contribution in [-0.4, -0.2) is 44.1 Å². The Balaban J connectivity index is 1.80. The summed E-state index contributed by atoms with van der Waals surface area (Å²) in [5.74, 6) is 0.290. The summed E-state index contributed by atoms with van der Waals surface area (Å²) in [5.41, 5.74) is 1.23. The number of rotatable bonds is 11. The van der Waals surface area contributed by atoms with Crippen LogP contribution in [0.1, 0.15) is 54.1 Å². The lowest BCUT2D eigenvalue weighted by Crippen LogP contribution is -2.47. The van der Waals surface area contributed by atoms with E-state index in [2.05, 4.69) is 5.32 Å². The van der Waals surface area contributed by atoms with Crippen molar-refractivity contribution in [1.82, 2.24) is 10.2 Å². The molecule has 1 unspecified atom stereocenters. The van der Waals surface area contributed by atoms with E-state index >= 15 is 0 Å². The number of hydrogen-bond donors (Lipinski definition) is 1. The van der Waals surface area contributed by atoms with E-state index in [1.807, 2.05) is 17.5 Å². The number of carbonyl (C=O) groups excluding carboxylic acids is 2. The Hall–Kier alpha value is -3.59. The monoisotopic (exact) mass is 554 g/mol. The molecule has 0 saturated heterocycles. The van der Waals surface area contributed by atoms with Crippen molar-refractivity contribution in [1.29, 1.82) is 0 Å². The third-order valence-electron chi connectivity index (χ3n) is 7.01. The van der Waals surface area contributed by atoms with Gasteiger partial charge in [0.15, 0.2) is 11.5 Å². The zero-order chi connectivity index (χ0) is 27.8. The minimum absolute atomic E-state index is 0.0378. The molecular weight excluding hydrogens is 519 g/mol. The van der Waals surface area contributed by atoms with Gasteiger partial charge in [0.25, 0.3) is 0 Å². The van der Waals surface area contributed by atoms with Crippen molar-refractivity contribution >= 4 is 23.2 Å². The van der Waals surface area contributed by atoms with Gasteiger partial charge in [-0.3, -0.25) is 9.59 Å². The van der Waals surface area contributed by atoms with E-state index in [9.17, 15) is 14.0 Å². The van der Waals surface area contributed by atoms with Crippen LogP contribution in [0.4, 0.5) is 4.39 Å². The maximum atomic E-state index is 14.1. The van der Waals surface area contributed by atoms with Gasteiger partial charge in [0.2, 0.25) is 17.6 Å². The van der Waals surface area contributed by atoms with E-state index in [-0.39, 0.29) is 36.6 Å². The van der Waals surface area contributed by atoms with Crippen molar-refractivity contribution in [3.8, 4) is 17.2 Å².